The first-order valence-electron chi connectivity index (χ1n) is 12.6. The average molecular weight is 734 g/mol. The Bertz CT molecular complexity index is 1530. The van der Waals surface area contributed by atoms with Gasteiger partial charge in [0.15, 0.2) is 11.5 Å². The molecule has 0 bridgehead atoms. The van der Waals surface area contributed by atoms with Crippen LogP contribution in [0.5, 0.6) is 0 Å². The highest BCUT2D eigenvalue weighted by atomic mass is 32.7. The van der Waals surface area contributed by atoms with Gasteiger partial charge >= 0.3 is 26.7 Å². The van der Waals surface area contributed by atoms with Crippen LogP contribution < -0.4 is 16.8 Å². The second-order valence-electron chi connectivity index (χ2n) is 9.61. The molecular formula is C19H28N8O11P3S3+. The number of urea groups is 1. The molecule has 3 aliphatic rings. The van der Waals surface area contributed by atoms with Gasteiger partial charge in [0.2, 0.25) is 0 Å². The highest BCUT2D eigenvalue weighted by Gasteiger charge is 2.46. The van der Waals surface area contributed by atoms with Crippen LogP contribution in [0, 0.1) is 0 Å². The minimum atomic E-state index is -4.07. The quantitative estimate of drug-likeness (QED) is 0.115. The van der Waals surface area contributed by atoms with Crippen molar-refractivity contribution < 1.29 is 51.6 Å². The molecule has 3 aliphatic heterocycles. The van der Waals surface area contributed by atoms with Crippen molar-refractivity contribution >= 4 is 79.5 Å². The summed E-state index contributed by atoms with van der Waals surface area (Å²) in [6.07, 6.45) is -0.216. The predicted octanol–water partition coefficient (Wildman–Crippen LogP) is 0.451. The van der Waals surface area contributed by atoms with Gasteiger partial charge in [-0.3, -0.25) is 9.47 Å². The normalized spacial score (nSPS) is 30.9. The van der Waals surface area contributed by atoms with Crippen LogP contribution >= 0.6 is 32.9 Å². The van der Waals surface area contributed by atoms with Crippen LogP contribution in [0.1, 0.15) is 19.1 Å². The Balaban J connectivity index is 1.27. The van der Waals surface area contributed by atoms with Gasteiger partial charge in [0, 0.05) is 19.0 Å². The molecule has 4 unspecified atom stereocenters. The number of nitrogens with zero attached hydrogens (tertiary/aromatic N) is 5. The molecule has 9 atom stereocenters. The molecule has 2 aromatic heterocycles. The lowest BCUT2D eigenvalue weighted by Crippen LogP contribution is -2.52. The number of imidazole rings is 1. The Morgan fingerprint density at radius 1 is 1.11 bits per heavy atom. The molecule has 0 spiro atoms. The van der Waals surface area contributed by atoms with Gasteiger partial charge in [-0.25, -0.2) is 19.7 Å². The van der Waals surface area contributed by atoms with Crippen LogP contribution in [0.4, 0.5) is 10.6 Å². The average Bonchev–Trinajstić information content (AvgIpc) is 3.63. The number of fused-ring (bicyclic) bond motifs is 1. The number of rotatable bonds is 12. The largest absolute Gasteiger partial charge is 0.582 e. The Hall–Kier alpha value is -1.29. The first-order valence-corrected chi connectivity index (χ1v) is 20.2. The number of hydrogen-bond acceptors (Lipinski definition) is 15. The molecule has 0 aromatic carbocycles. The molecule has 8 N–H and O–H groups in total. The highest BCUT2D eigenvalue weighted by molar-refractivity contribution is 8.39. The summed E-state index contributed by atoms with van der Waals surface area (Å²) in [5.41, 5.74) is 12.3. The Kier molecular flexibility index (Phi) is 10.7. The van der Waals surface area contributed by atoms with E-state index in [4.69, 9.17) is 50.8 Å². The van der Waals surface area contributed by atoms with Gasteiger partial charge in [0.05, 0.1) is 31.8 Å². The third-order valence-corrected chi connectivity index (χ3v) is 9.77. The SMILES string of the molecule is Nc1ncnc2c1ncn2[C@H]1C[C@@H](OP(O)(=S)OC[C@H]2O[C@@H](N3C=CC(N)NC3=O)CC2O[P+](=O)S)[C@@H](COP(O)(O)=S)O1. The minimum absolute atomic E-state index is 0.0673. The van der Waals surface area contributed by atoms with E-state index in [1.165, 1.54) is 23.8 Å². The number of nitrogen functional groups attached to an aromatic ring is 1. The van der Waals surface area contributed by atoms with Gasteiger partial charge in [-0.2, -0.15) is 0 Å². The smallest absolute Gasteiger partial charge is 0.382 e. The summed E-state index contributed by atoms with van der Waals surface area (Å²) >= 11 is 13.6. The molecule has 242 valence electrons. The van der Waals surface area contributed by atoms with E-state index in [1.54, 1.807) is 10.6 Å². The van der Waals surface area contributed by atoms with Crippen molar-refractivity contribution in [1.29, 1.82) is 0 Å². The standard InChI is InChI=1S/C19H27N8O11P3S3/c20-13-1-2-26(19(28)25-13)14-3-9(37-39(29)42)11(35-14)6-34-41(32,44)38-10-4-15(36-12(10)5-33-40(30,31)43)27-8-24-16-17(21)22-7-23-18(16)27/h1-2,7-15H,3-6,20H2,(H6-,21,22,23,25,28,29,30,31,32,42,43,44)/p+1/t9?,10-,11-,12-,13?,14-,15-,41?/m1/s1. The summed E-state index contributed by atoms with van der Waals surface area (Å²) in [7, 11) is -2.36. The second-order valence-corrected chi connectivity index (χ2v) is 16.7. The molecular weight excluding hydrogens is 705 g/mol. The fourth-order valence-electron chi connectivity index (χ4n) is 4.75. The van der Waals surface area contributed by atoms with Crippen molar-refractivity contribution in [1.82, 2.24) is 29.7 Å². The van der Waals surface area contributed by atoms with Crippen molar-refractivity contribution in [3.05, 3.63) is 24.9 Å². The first kappa shape index (κ1) is 34.1. The van der Waals surface area contributed by atoms with Gasteiger partial charge in [-0.05, 0) is 34.3 Å². The van der Waals surface area contributed by atoms with Crippen molar-refractivity contribution in [2.75, 3.05) is 18.9 Å². The molecule has 19 nitrogen and oxygen atoms in total. The van der Waals surface area contributed by atoms with Crippen molar-refractivity contribution in [3.8, 4) is 0 Å². The van der Waals surface area contributed by atoms with E-state index in [0.29, 0.717) is 11.2 Å². The number of hydrogen-bond donors (Lipinski definition) is 7. The van der Waals surface area contributed by atoms with E-state index in [0.717, 1.165) is 0 Å². The third-order valence-electron chi connectivity index (χ3n) is 6.65. The molecule has 2 fully saturated rings. The predicted molar refractivity (Wildman–Crippen MR) is 162 cm³/mol. The minimum Gasteiger partial charge on any atom is -0.382 e. The zero-order chi connectivity index (χ0) is 31.8. The van der Waals surface area contributed by atoms with Crippen molar-refractivity contribution in [2.24, 2.45) is 5.73 Å². The van der Waals surface area contributed by atoms with Crippen LogP contribution in [0.3, 0.4) is 0 Å². The van der Waals surface area contributed by atoms with E-state index in [-0.39, 0.29) is 25.3 Å². The number of thiol groups is 1. The molecule has 0 aliphatic carbocycles. The summed E-state index contributed by atoms with van der Waals surface area (Å²) in [4.78, 5) is 56.2. The number of nitrogens with two attached hydrogens (primary N) is 2. The number of carbonyl (C=O) groups excluding carboxylic acids is 1. The van der Waals surface area contributed by atoms with E-state index in [9.17, 15) is 24.0 Å². The summed E-state index contributed by atoms with van der Waals surface area (Å²) in [6.45, 7) is -8.92. The summed E-state index contributed by atoms with van der Waals surface area (Å²) < 4.78 is 47.0. The van der Waals surface area contributed by atoms with Gasteiger partial charge in [-0.15, -0.1) is 4.52 Å². The number of aromatic nitrogens is 4. The monoisotopic (exact) mass is 733 g/mol. The van der Waals surface area contributed by atoms with E-state index >= 15 is 0 Å². The van der Waals surface area contributed by atoms with Crippen LogP contribution in [0.15, 0.2) is 24.9 Å². The molecule has 25 heteroatoms. The first-order chi connectivity index (χ1) is 20.7. The Morgan fingerprint density at radius 3 is 2.50 bits per heavy atom. The molecule has 2 aromatic rings. The molecule has 0 saturated carbocycles. The summed E-state index contributed by atoms with van der Waals surface area (Å²) in [6, 6.07) is -0.517. The van der Waals surface area contributed by atoms with Crippen molar-refractivity contribution in [3.63, 3.8) is 0 Å². The summed E-state index contributed by atoms with van der Waals surface area (Å²) in [5, 5.41) is 2.53. The summed E-state index contributed by atoms with van der Waals surface area (Å²) in [5.74, 6) is 0.154. The lowest BCUT2D eigenvalue weighted by Gasteiger charge is -2.30. The van der Waals surface area contributed by atoms with Crippen LogP contribution in [-0.2, 0) is 55.7 Å². The van der Waals surface area contributed by atoms with Gasteiger partial charge in [-0.1, -0.05) is 0 Å². The zero-order valence-corrected chi connectivity index (χ0v) is 27.5. The van der Waals surface area contributed by atoms with E-state index < -0.39 is 76.3 Å². The number of ether oxygens (including phenoxy) is 2. The Labute approximate surface area is 265 Å². The molecule has 0 radical (unpaired) electrons. The maximum Gasteiger partial charge on any atom is 0.582 e. The van der Waals surface area contributed by atoms with Crippen LogP contribution in [0.25, 0.3) is 11.2 Å². The highest BCUT2D eigenvalue weighted by Crippen LogP contribution is 2.50. The number of amides is 2. The molecule has 2 amide bonds. The number of anilines is 1. The van der Waals surface area contributed by atoms with Gasteiger partial charge in [0.25, 0.3) is 0 Å². The van der Waals surface area contributed by atoms with Gasteiger partial charge < -0.3 is 54.5 Å². The zero-order valence-electron chi connectivity index (χ0n) is 22.3. The van der Waals surface area contributed by atoms with Gasteiger partial charge in [0.1, 0.15) is 54.9 Å². The lowest BCUT2D eigenvalue weighted by molar-refractivity contribution is -0.0534. The topological polar surface area (TPSA) is 261 Å². The van der Waals surface area contributed by atoms with Crippen molar-refractivity contribution in [2.45, 2.75) is 55.9 Å². The molecule has 5 heterocycles. The van der Waals surface area contributed by atoms with E-state index in [1.807, 2.05) is 0 Å². The number of carbonyl (C=O) groups is 1. The Morgan fingerprint density at radius 2 is 1.80 bits per heavy atom. The molecule has 44 heavy (non-hydrogen) atoms. The maximum atomic E-state index is 12.4. The molecule has 5 rings (SSSR count). The fraction of sp³-hybridized carbons (Fsp3) is 0.579. The fourth-order valence-corrected chi connectivity index (χ4v) is 7.56. The number of nitrogens with one attached hydrogen (secondary N) is 1. The van der Waals surface area contributed by atoms with E-state index in [2.05, 4.69) is 44.3 Å². The molecule has 2 saturated heterocycles. The maximum absolute atomic E-state index is 12.4. The van der Waals surface area contributed by atoms with Crippen LogP contribution in [0.2, 0.25) is 0 Å². The lowest BCUT2D eigenvalue weighted by atomic mass is 10.2. The third kappa shape index (κ3) is 8.34. The second kappa shape index (κ2) is 13.8. The van der Waals surface area contributed by atoms with Crippen LogP contribution in [-0.4, -0.2) is 95.2 Å².